The largest absolute Gasteiger partial charge is 0.437 e. The fraction of sp³-hybridized carbons (Fsp3) is 0.238. The number of fused-ring (bicyclic) bond motifs is 3. The van der Waals surface area contributed by atoms with E-state index in [0.717, 1.165) is 10.8 Å². The Bertz CT molecular complexity index is 1210. The van der Waals surface area contributed by atoms with E-state index in [1.807, 2.05) is 32.0 Å². The van der Waals surface area contributed by atoms with E-state index in [-0.39, 0.29) is 17.3 Å². The SMILES string of the molecule is [2H]C([2H])([2H])c1ccc2c(n1)oc1c(-c3cc(C([2H])([2H])C(C)C)ccn3)cccc12. The maximum Gasteiger partial charge on any atom is 0.227 e. The predicted molar refractivity (Wildman–Crippen MR) is 98.0 cm³/mol. The van der Waals surface area contributed by atoms with Gasteiger partial charge in [-0.3, -0.25) is 4.98 Å². The molecule has 0 atom stereocenters. The van der Waals surface area contributed by atoms with Crippen LogP contribution in [0.25, 0.3) is 33.3 Å². The summed E-state index contributed by atoms with van der Waals surface area (Å²) in [7, 11) is 0. The van der Waals surface area contributed by atoms with Gasteiger partial charge in [0.25, 0.3) is 0 Å². The number of aryl methyl sites for hydroxylation is 1. The highest BCUT2D eigenvalue weighted by Gasteiger charge is 2.14. The lowest BCUT2D eigenvalue weighted by atomic mass is 10.0. The Morgan fingerprint density at radius 3 is 2.92 bits per heavy atom. The van der Waals surface area contributed by atoms with Gasteiger partial charge in [-0.05, 0) is 55.0 Å². The Hall–Kier alpha value is -2.68. The number of nitrogens with zero attached hydrogens (tertiary/aromatic N) is 2. The molecular weight excluding hydrogens is 296 g/mol. The minimum Gasteiger partial charge on any atom is -0.437 e. The lowest BCUT2D eigenvalue weighted by molar-refractivity contribution is 0.646. The van der Waals surface area contributed by atoms with Crippen molar-refractivity contribution in [3.05, 3.63) is 59.9 Å². The summed E-state index contributed by atoms with van der Waals surface area (Å²) in [4.78, 5) is 8.61. The van der Waals surface area contributed by atoms with Crippen molar-refractivity contribution in [3.8, 4) is 11.3 Å². The third kappa shape index (κ3) is 2.56. The fourth-order valence-electron chi connectivity index (χ4n) is 2.88. The molecule has 0 unspecified atom stereocenters. The minimum absolute atomic E-state index is 0.0177. The standard InChI is InChI=1S/C21H20N2O/c1-13(2)11-15-9-10-22-19(12-15)18-6-4-5-16-17-8-7-14(3)23-21(17)24-20(16)18/h4-10,12-13H,11H2,1-3H3/i3D3,11D2. The van der Waals surface area contributed by atoms with Gasteiger partial charge in [-0.15, -0.1) is 0 Å². The molecule has 0 amide bonds. The van der Waals surface area contributed by atoms with Gasteiger partial charge in [-0.25, -0.2) is 4.98 Å². The summed E-state index contributed by atoms with van der Waals surface area (Å²) < 4.78 is 45.4. The number of hydrogen-bond acceptors (Lipinski definition) is 3. The van der Waals surface area contributed by atoms with E-state index in [1.165, 1.54) is 6.07 Å². The zero-order valence-corrected chi connectivity index (χ0v) is 13.5. The normalized spacial score (nSPS) is 15.9. The van der Waals surface area contributed by atoms with E-state index in [1.54, 1.807) is 24.4 Å². The first-order valence-electron chi connectivity index (χ1n) is 10.4. The molecule has 4 rings (SSSR count). The summed E-state index contributed by atoms with van der Waals surface area (Å²) in [5, 5.41) is 1.53. The van der Waals surface area contributed by atoms with Crippen LogP contribution in [0.5, 0.6) is 0 Å². The van der Waals surface area contributed by atoms with Crippen LogP contribution >= 0.6 is 0 Å². The van der Waals surface area contributed by atoms with E-state index in [0.29, 0.717) is 22.4 Å². The Morgan fingerprint density at radius 1 is 1.17 bits per heavy atom. The highest BCUT2D eigenvalue weighted by molar-refractivity contribution is 6.08. The van der Waals surface area contributed by atoms with Gasteiger partial charge in [0, 0.05) is 35.1 Å². The summed E-state index contributed by atoms with van der Waals surface area (Å²) in [5.74, 6) is -0.192. The average molecular weight is 321 g/mol. The van der Waals surface area contributed by atoms with E-state index in [2.05, 4.69) is 9.97 Å². The van der Waals surface area contributed by atoms with Crippen molar-refractivity contribution < 1.29 is 11.3 Å². The van der Waals surface area contributed by atoms with Crippen molar-refractivity contribution in [1.82, 2.24) is 9.97 Å². The second-order valence-corrected chi connectivity index (χ2v) is 6.06. The van der Waals surface area contributed by atoms with Gasteiger partial charge in [0.1, 0.15) is 5.58 Å². The van der Waals surface area contributed by atoms with Crippen molar-refractivity contribution in [2.24, 2.45) is 5.92 Å². The Kier molecular flexibility index (Phi) is 2.45. The number of pyridine rings is 2. The average Bonchev–Trinajstić information content (AvgIpc) is 3.05. The molecule has 0 fully saturated rings. The summed E-state index contributed by atoms with van der Waals surface area (Å²) in [6, 6.07) is 12.2. The van der Waals surface area contributed by atoms with E-state index < -0.39 is 13.2 Å². The molecule has 0 N–H and O–H groups in total. The zero-order valence-electron chi connectivity index (χ0n) is 18.5. The maximum atomic E-state index is 8.37. The molecule has 24 heavy (non-hydrogen) atoms. The van der Waals surface area contributed by atoms with Crippen molar-refractivity contribution in [1.29, 1.82) is 0 Å². The minimum atomic E-state index is -2.31. The molecule has 3 heteroatoms. The highest BCUT2D eigenvalue weighted by Crippen LogP contribution is 2.34. The van der Waals surface area contributed by atoms with Gasteiger partial charge in [-0.1, -0.05) is 26.0 Å². The van der Waals surface area contributed by atoms with Gasteiger partial charge in [0.05, 0.1) is 5.69 Å². The fourth-order valence-corrected chi connectivity index (χ4v) is 2.88. The van der Waals surface area contributed by atoms with Crippen LogP contribution in [0, 0.1) is 12.8 Å². The van der Waals surface area contributed by atoms with Crippen LogP contribution in [0.4, 0.5) is 0 Å². The van der Waals surface area contributed by atoms with Crippen molar-refractivity contribution >= 4 is 22.1 Å². The van der Waals surface area contributed by atoms with E-state index >= 15 is 0 Å². The molecule has 0 aliphatic carbocycles. The molecule has 0 spiro atoms. The van der Waals surface area contributed by atoms with Crippen LogP contribution < -0.4 is 0 Å². The number of rotatable bonds is 3. The van der Waals surface area contributed by atoms with Gasteiger partial charge >= 0.3 is 0 Å². The van der Waals surface area contributed by atoms with E-state index in [4.69, 9.17) is 11.3 Å². The first-order valence-corrected chi connectivity index (χ1v) is 7.88. The molecule has 0 saturated heterocycles. The van der Waals surface area contributed by atoms with Crippen LogP contribution in [-0.4, -0.2) is 9.97 Å². The van der Waals surface area contributed by atoms with Gasteiger partial charge < -0.3 is 4.42 Å². The topological polar surface area (TPSA) is 38.9 Å². The third-order valence-corrected chi connectivity index (χ3v) is 3.86. The molecule has 4 aromatic rings. The van der Waals surface area contributed by atoms with Gasteiger partial charge in [0.15, 0.2) is 0 Å². The van der Waals surface area contributed by atoms with E-state index in [9.17, 15) is 0 Å². The Morgan fingerprint density at radius 2 is 2.08 bits per heavy atom. The monoisotopic (exact) mass is 321 g/mol. The first-order chi connectivity index (χ1) is 13.6. The third-order valence-electron chi connectivity index (χ3n) is 3.86. The highest BCUT2D eigenvalue weighted by atomic mass is 16.3. The molecule has 3 heterocycles. The molecule has 0 bridgehead atoms. The smallest absolute Gasteiger partial charge is 0.227 e. The van der Waals surface area contributed by atoms with Crippen molar-refractivity contribution in [2.75, 3.05) is 0 Å². The van der Waals surface area contributed by atoms with Crippen molar-refractivity contribution in [3.63, 3.8) is 0 Å². The summed E-state index contributed by atoms with van der Waals surface area (Å²) in [5.41, 5.74) is 2.64. The lowest BCUT2D eigenvalue weighted by Crippen LogP contribution is -1.95. The first kappa shape index (κ1) is 10.2. The molecular formula is C21H20N2O. The van der Waals surface area contributed by atoms with Crippen LogP contribution in [0.2, 0.25) is 0 Å². The molecule has 3 aromatic heterocycles. The Balaban J connectivity index is 1.91. The molecule has 3 nitrogen and oxygen atoms in total. The molecule has 0 aliphatic rings. The zero-order chi connectivity index (χ0) is 21.0. The summed E-state index contributed by atoms with van der Waals surface area (Å²) >= 11 is 0. The molecule has 0 aliphatic heterocycles. The summed E-state index contributed by atoms with van der Waals surface area (Å²) in [6.07, 6.45) is 0.104. The number of benzene rings is 1. The van der Waals surface area contributed by atoms with Crippen molar-refractivity contribution in [2.45, 2.75) is 27.1 Å². The van der Waals surface area contributed by atoms with Crippen LogP contribution in [0.3, 0.4) is 0 Å². The maximum absolute atomic E-state index is 8.37. The quantitative estimate of drug-likeness (QED) is 0.496. The molecule has 0 radical (unpaired) electrons. The number of hydrogen-bond donors (Lipinski definition) is 0. The molecule has 120 valence electrons. The summed E-state index contributed by atoms with van der Waals surface area (Å²) in [6.45, 7) is 1.37. The number of para-hydroxylation sites is 1. The Labute approximate surface area is 148 Å². The number of aromatic nitrogens is 2. The molecule has 0 saturated carbocycles. The second kappa shape index (κ2) is 5.75. The van der Waals surface area contributed by atoms with Crippen LogP contribution in [-0.2, 0) is 6.37 Å². The van der Waals surface area contributed by atoms with Crippen LogP contribution in [0.15, 0.2) is 53.1 Å². The van der Waals surface area contributed by atoms with Gasteiger partial charge in [-0.2, -0.15) is 0 Å². The predicted octanol–water partition coefficient (Wildman–Crippen LogP) is 5.55. The second-order valence-electron chi connectivity index (χ2n) is 6.06. The molecule has 1 aromatic carbocycles. The number of furan rings is 1. The lowest BCUT2D eigenvalue weighted by Gasteiger charge is -2.07. The van der Waals surface area contributed by atoms with Gasteiger partial charge in [0.2, 0.25) is 5.71 Å². The van der Waals surface area contributed by atoms with Crippen LogP contribution in [0.1, 0.15) is 32.0 Å².